The minimum Gasteiger partial charge on any atom is -0.469 e. The molecule has 0 unspecified atom stereocenters. The van der Waals surface area contributed by atoms with Gasteiger partial charge in [-0.25, -0.2) is 0 Å². The Morgan fingerprint density at radius 2 is 0.488 bits per heavy atom. The van der Waals surface area contributed by atoms with Crippen LogP contribution in [0.5, 0.6) is 0 Å². The molecule has 0 fully saturated rings. The van der Waals surface area contributed by atoms with Gasteiger partial charge in [-0.05, 0) is 6.42 Å². The first-order chi connectivity index (χ1) is 20.3. The summed E-state index contributed by atoms with van der Waals surface area (Å²) in [5, 5.41) is 0. The van der Waals surface area contributed by atoms with Gasteiger partial charge >= 0.3 is 5.97 Å². The fourth-order valence-corrected chi connectivity index (χ4v) is 6.28. The number of ether oxygens (including phenoxy) is 1. The molecule has 0 saturated carbocycles. The third-order valence-electron chi connectivity index (χ3n) is 9.21. The number of hydrogen-bond donors (Lipinski definition) is 0. The van der Waals surface area contributed by atoms with Gasteiger partial charge in [0, 0.05) is 6.42 Å². The van der Waals surface area contributed by atoms with E-state index in [2.05, 4.69) is 11.7 Å². The molecule has 0 aliphatic heterocycles. The smallest absolute Gasteiger partial charge is 0.305 e. The van der Waals surface area contributed by atoms with Gasteiger partial charge in [0.25, 0.3) is 0 Å². The third kappa shape index (κ3) is 37.4. The summed E-state index contributed by atoms with van der Waals surface area (Å²) in [6.45, 7) is 2.31. The second kappa shape index (κ2) is 37.5. The predicted molar refractivity (Wildman–Crippen MR) is 184 cm³/mol. The molecule has 0 heterocycles. The third-order valence-corrected chi connectivity index (χ3v) is 9.21. The summed E-state index contributed by atoms with van der Waals surface area (Å²) >= 11 is 0. The molecule has 2 nitrogen and oxygen atoms in total. The van der Waals surface area contributed by atoms with Gasteiger partial charge in [-0.2, -0.15) is 0 Å². The van der Waals surface area contributed by atoms with Crippen molar-refractivity contribution in [2.45, 2.75) is 238 Å². The topological polar surface area (TPSA) is 26.3 Å². The molecular weight excluding hydrogens is 500 g/mol. The van der Waals surface area contributed by atoms with Crippen LogP contribution in [0.15, 0.2) is 0 Å². The molecule has 0 radical (unpaired) electrons. The molecule has 246 valence electrons. The van der Waals surface area contributed by atoms with Gasteiger partial charge in [-0.15, -0.1) is 0 Å². The van der Waals surface area contributed by atoms with E-state index < -0.39 is 0 Å². The maximum absolute atomic E-state index is 11.1. The molecule has 0 spiro atoms. The molecule has 41 heavy (non-hydrogen) atoms. The average molecular weight is 579 g/mol. The first kappa shape index (κ1) is 40.5. The highest BCUT2D eigenvalue weighted by Crippen LogP contribution is 2.17. The molecular formula is C39H78O2. The summed E-state index contributed by atoms with van der Waals surface area (Å²) in [6.07, 6.45) is 50.7. The van der Waals surface area contributed by atoms with Gasteiger partial charge in [-0.1, -0.05) is 225 Å². The van der Waals surface area contributed by atoms with Crippen LogP contribution in [0.1, 0.15) is 238 Å². The van der Waals surface area contributed by atoms with E-state index in [9.17, 15) is 4.79 Å². The summed E-state index contributed by atoms with van der Waals surface area (Å²) in [4.78, 5) is 11.1. The molecule has 0 aromatic heterocycles. The lowest BCUT2D eigenvalue weighted by atomic mass is 10.0. The fourth-order valence-electron chi connectivity index (χ4n) is 6.28. The number of carbonyl (C=O) groups is 1. The Labute approximate surface area is 260 Å². The largest absolute Gasteiger partial charge is 0.469 e. The van der Waals surface area contributed by atoms with E-state index in [-0.39, 0.29) is 5.97 Å². The van der Waals surface area contributed by atoms with Gasteiger partial charge < -0.3 is 4.74 Å². The highest BCUT2D eigenvalue weighted by atomic mass is 16.5. The molecule has 0 aliphatic carbocycles. The van der Waals surface area contributed by atoms with Crippen molar-refractivity contribution >= 4 is 5.97 Å². The van der Waals surface area contributed by atoms with E-state index in [1.807, 2.05) is 0 Å². The Morgan fingerprint density at radius 3 is 0.659 bits per heavy atom. The first-order valence-electron chi connectivity index (χ1n) is 19.4. The Hall–Kier alpha value is -0.530. The maximum atomic E-state index is 11.1. The van der Waals surface area contributed by atoms with Crippen molar-refractivity contribution in [2.75, 3.05) is 7.11 Å². The van der Waals surface area contributed by atoms with Crippen LogP contribution >= 0.6 is 0 Å². The molecule has 0 aromatic rings. The molecule has 0 amide bonds. The highest BCUT2D eigenvalue weighted by molar-refractivity contribution is 5.68. The molecule has 0 N–H and O–H groups in total. The molecule has 0 bridgehead atoms. The van der Waals surface area contributed by atoms with Crippen LogP contribution in [-0.4, -0.2) is 13.1 Å². The van der Waals surface area contributed by atoms with Crippen molar-refractivity contribution in [1.82, 2.24) is 0 Å². The van der Waals surface area contributed by atoms with E-state index >= 15 is 0 Å². The average Bonchev–Trinajstić information content (AvgIpc) is 2.99. The summed E-state index contributed by atoms with van der Waals surface area (Å²) in [5.74, 6) is -0.0592. The van der Waals surface area contributed by atoms with Gasteiger partial charge in [0.05, 0.1) is 7.11 Å². The highest BCUT2D eigenvalue weighted by Gasteiger charge is 2.00. The molecule has 0 saturated heterocycles. The Kier molecular flexibility index (Phi) is 37.0. The standard InChI is InChI=1S/C39H78O2/c1-3-4-5-6-7-8-9-10-11-12-13-14-15-16-17-18-19-20-21-22-23-24-25-26-27-28-29-30-31-32-33-34-35-36-37-38-39(40)41-2/h3-38H2,1-2H3. The second-order valence-electron chi connectivity index (χ2n) is 13.3. The lowest BCUT2D eigenvalue weighted by Crippen LogP contribution is -1.99. The summed E-state index contributed by atoms with van der Waals surface area (Å²) in [7, 11) is 1.48. The number of methoxy groups -OCH3 is 1. The van der Waals surface area contributed by atoms with Crippen molar-refractivity contribution in [3.63, 3.8) is 0 Å². The van der Waals surface area contributed by atoms with Gasteiger partial charge in [0.2, 0.25) is 0 Å². The monoisotopic (exact) mass is 579 g/mol. The van der Waals surface area contributed by atoms with Crippen LogP contribution in [0, 0.1) is 0 Å². The van der Waals surface area contributed by atoms with Crippen molar-refractivity contribution < 1.29 is 9.53 Å². The quantitative estimate of drug-likeness (QED) is 0.0546. The zero-order valence-corrected chi connectivity index (χ0v) is 28.8. The Balaban J connectivity index is 3.04. The van der Waals surface area contributed by atoms with E-state index in [1.54, 1.807) is 0 Å². The van der Waals surface area contributed by atoms with Crippen molar-refractivity contribution in [3.8, 4) is 0 Å². The Morgan fingerprint density at radius 1 is 0.317 bits per heavy atom. The zero-order valence-electron chi connectivity index (χ0n) is 28.8. The van der Waals surface area contributed by atoms with Crippen LogP contribution in [0.2, 0.25) is 0 Å². The second-order valence-corrected chi connectivity index (χ2v) is 13.3. The summed E-state index contributed by atoms with van der Waals surface area (Å²) in [5.41, 5.74) is 0. The fraction of sp³-hybridized carbons (Fsp3) is 0.974. The van der Waals surface area contributed by atoms with Gasteiger partial charge in [0.1, 0.15) is 0 Å². The van der Waals surface area contributed by atoms with E-state index in [0.717, 1.165) is 6.42 Å². The lowest BCUT2D eigenvalue weighted by molar-refractivity contribution is -0.140. The molecule has 0 atom stereocenters. The zero-order chi connectivity index (χ0) is 29.7. The predicted octanol–water partition coefficient (Wildman–Crippen LogP) is 14.2. The SMILES string of the molecule is CCCCCCCCCCCCCCCCCCCCCCCCCCCCCCCCCCCCCC(=O)OC. The maximum Gasteiger partial charge on any atom is 0.305 e. The number of esters is 1. The van der Waals surface area contributed by atoms with Crippen molar-refractivity contribution in [1.29, 1.82) is 0 Å². The van der Waals surface area contributed by atoms with E-state index in [1.165, 1.54) is 225 Å². The van der Waals surface area contributed by atoms with E-state index in [4.69, 9.17) is 0 Å². The Bertz CT molecular complexity index is 474. The van der Waals surface area contributed by atoms with Gasteiger partial charge in [-0.3, -0.25) is 4.79 Å². The van der Waals surface area contributed by atoms with Crippen molar-refractivity contribution in [3.05, 3.63) is 0 Å². The minimum atomic E-state index is -0.0592. The van der Waals surface area contributed by atoms with Gasteiger partial charge in [0.15, 0.2) is 0 Å². The minimum absolute atomic E-state index is 0.0592. The van der Waals surface area contributed by atoms with Crippen LogP contribution < -0.4 is 0 Å². The first-order valence-corrected chi connectivity index (χ1v) is 19.4. The van der Waals surface area contributed by atoms with Crippen molar-refractivity contribution in [2.24, 2.45) is 0 Å². The van der Waals surface area contributed by atoms with Crippen LogP contribution in [0.4, 0.5) is 0 Å². The molecule has 0 aromatic carbocycles. The molecule has 0 rings (SSSR count). The van der Waals surface area contributed by atoms with Crippen LogP contribution in [0.25, 0.3) is 0 Å². The summed E-state index contributed by atoms with van der Waals surface area (Å²) in [6, 6.07) is 0. The van der Waals surface area contributed by atoms with Crippen LogP contribution in [0.3, 0.4) is 0 Å². The molecule has 2 heteroatoms. The van der Waals surface area contributed by atoms with E-state index in [0.29, 0.717) is 6.42 Å². The lowest BCUT2D eigenvalue weighted by Gasteiger charge is -2.05. The normalized spacial score (nSPS) is 11.4. The number of unbranched alkanes of at least 4 members (excludes halogenated alkanes) is 34. The number of hydrogen-bond acceptors (Lipinski definition) is 2. The summed E-state index contributed by atoms with van der Waals surface area (Å²) < 4.78 is 4.68. The number of carbonyl (C=O) groups excluding carboxylic acids is 1. The molecule has 0 aliphatic rings. The van der Waals surface area contributed by atoms with Crippen LogP contribution in [-0.2, 0) is 9.53 Å². The number of rotatable bonds is 36.